The molecule has 0 unspecified atom stereocenters. The maximum absolute atomic E-state index is 12.9. The van der Waals surface area contributed by atoms with E-state index in [-0.39, 0.29) is 0 Å². The number of alkyl halides is 4. The predicted octanol–water partition coefficient (Wildman–Crippen LogP) is -0.124. The summed E-state index contributed by atoms with van der Waals surface area (Å²) in [6.45, 7) is -1.38. The van der Waals surface area contributed by atoms with Crippen molar-refractivity contribution in [2.75, 3.05) is 19.8 Å². The third-order valence-electron chi connectivity index (χ3n) is 2.23. The molecule has 0 fully saturated rings. The fourth-order valence-corrected chi connectivity index (χ4v) is 0.734. The van der Waals surface area contributed by atoms with Gasteiger partial charge in [0.05, 0.1) is 13.2 Å². The quantitative estimate of drug-likeness (QED) is 0.446. The average molecular weight is 292 g/mol. The summed E-state index contributed by atoms with van der Waals surface area (Å²) < 4.78 is 54.9. The van der Waals surface area contributed by atoms with Crippen molar-refractivity contribution in [2.24, 2.45) is 5.41 Å². The smallest absolute Gasteiger partial charge is 0.415 e. The lowest BCUT2D eigenvalue weighted by molar-refractivity contribution is -0.236. The van der Waals surface area contributed by atoms with Gasteiger partial charge >= 0.3 is 23.8 Å². The summed E-state index contributed by atoms with van der Waals surface area (Å²) in [5.41, 5.74) is -1.51. The van der Waals surface area contributed by atoms with Crippen LogP contribution in [-0.4, -0.2) is 58.9 Å². The van der Waals surface area contributed by atoms with Crippen LogP contribution < -0.4 is 0 Å². The molecule has 0 aromatic heterocycles. The lowest BCUT2D eigenvalue weighted by Crippen LogP contribution is -2.53. The minimum Gasteiger partial charge on any atom is -0.477 e. The highest BCUT2D eigenvalue weighted by Gasteiger charge is 2.68. The van der Waals surface area contributed by atoms with E-state index in [0.29, 0.717) is 0 Å². The zero-order valence-corrected chi connectivity index (χ0v) is 9.70. The summed E-state index contributed by atoms with van der Waals surface area (Å²) in [7, 11) is 0. The number of carbonyl (C=O) groups is 2. The molecule has 0 spiro atoms. The van der Waals surface area contributed by atoms with Crippen LogP contribution in [0.4, 0.5) is 17.6 Å². The zero-order chi connectivity index (χ0) is 15.5. The first-order valence-corrected chi connectivity index (χ1v) is 4.82. The van der Waals surface area contributed by atoms with Gasteiger partial charge in [0.1, 0.15) is 6.61 Å². The van der Waals surface area contributed by atoms with E-state index >= 15 is 0 Å². The van der Waals surface area contributed by atoms with E-state index in [1.54, 1.807) is 0 Å². The largest absolute Gasteiger partial charge is 0.477 e. The van der Waals surface area contributed by atoms with Crippen molar-refractivity contribution in [1.29, 1.82) is 0 Å². The molecule has 0 aromatic carbocycles. The van der Waals surface area contributed by atoms with Gasteiger partial charge in [-0.25, -0.2) is 9.59 Å². The molecule has 0 rings (SSSR count). The molecule has 0 aliphatic carbocycles. The van der Waals surface area contributed by atoms with Crippen LogP contribution in [0.5, 0.6) is 0 Å². The number of aliphatic hydroxyl groups excluding tert-OH is 2. The highest BCUT2D eigenvalue weighted by atomic mass is 19.3. The molecule has 3 N–H and O–H groups in total. The highest BCUT2D eigenvalue weighted by Crippen LogP contribution is 2.36. The van der Waals surface area contributed by atoms with Crippen molar-refractivity contribution < 1.29 is 47.2 Å². The summed E-state index contributed by atoms with van der Waals surface area (Å²) in [5, 5.41) is 25.5. The Labute approximate surface area is 104 Å². The van der Waals surface area contributed by atoms with Crippen LogP contribution in [0.3, 0.4) is 0 Å². The Morgan fingerprint density at radius 3 is 1.79 bits per heavy atom. The van der Waals surface area contributed by atoms with Gasteiger partial charge in [0.2, 0.25) is 0 Å². The van der Waals surface area contributed by atoms with Crippen LogP contribution in [0.15, 0.2) is 0 Å². The molecule has 19 heavy (non-hydrogen) atoms. The lowest BCUT2D eigenvalue weighted by atomic mass is 9.94. The minimum absolute atomic E-state index is 0.766. The molecule has 0 aromatic rings. The fourth-order valence-electron chi connectivity index (χ4n) is 0.734. The van der Waals surface area contributed by atoms with E-state index in [0.717, 1.165) is 6.92 Å². The predicted molar refractivity (Wildman–Crippen MR) is 50.8 cm³/mol. The first-order chi connectivity index (χ1) is 8.44. The van der Waals surface area contributed by atoms with Crippen LogP contribution in [-0.2, 0) is 14.3 Å². The van der Waals surface area contributed by atoms with Gasteiger partial charge in [-0.05, 0) is 0 Å². The summed E-state index contributed by atoms with van der Waals surface area (Å²) in [5.74, 6) is -17.1. The van der Waals surface area contributed by atoms with Crippen molar-refractivity contribution in [1.82, 2.24) is 0 Å². The molecule has 0 bridgehead atoms. The molecule has 0 radical (unpaired) electrons. The maximum atomic E-state index is 12.9. The number of aliphatic carboxylic acids is 1. The summed E-state index contributed by atoms with van der Waals surface area (Å²) in [4.78, 5) is 20.8. The molecule has 0 aliphatic rings. The topological polar surface area (TPSA) is 104 Å². The molecule has 10 heteroatoms. The van der Waals surface area contributed by atoms with E-state index in [2.05, 4.69) is 4.74 Å². The number of hydrogen-bond donors (Lipinski definition) is 3. The Hall–Kier alpha value is -1.42. The molecule has 0 aliphatic heterocycles. The minimum atomic E-state index is -5.63. The summed E-state index contributed by atoms with van der Waals surface area (Å²) in [6, 6.07) is 0. The number of ether oxygens (including phenoxy) is 1. The number of hydrogen-bond acceptors (Lipinski definition) is 5. The Bertz CT molecular complexity index is 353. The van der Waals surface area contributed by atoms with Gasteiger partial charge in [-0.15, -0.1) is 0 Å². The number of carboxylic acids is 1. The van der Waals surface area contributed by atoms with Gasteiger partial charge in [-0.2, -0.15) is 17.6 Å². The van der Waals surface area contributed by atoms with Crippen molar-refractivity contribution in [3.8, 4) is 0 Å². The van der Waals surface area contributed by atoms with Crippen molar-refractivity contribution in [3.05, 3.63) is 0 Å². The number of carbonyl (C=O) groups excluding carboxylic acids is 1. The van der Waals surface area contributed by atoms with Gasteiger partial charge < -0.3 is 20.1 Å². The molecule has 0 saturated carbocycles. The van der Waals surface area contributed by atoms with Crippen LogP contribution >= 0.6 is 0 Å². The SMILES string of the molecule is CC(CO)(CO)COC(=O)C(F)(F)C(F)(F)C(=O)O. The molecule has 0 amide bonds. The number of carboxylic acid groups (broad SMARTS) is 1. The van der Waals surface area contributed by atoms with Gasteiger partial charge in [0.25, 0.3) is 0 Å². The standard InChI is InChI=1S/C9H12F4O6/c1-7(2-14,3-15)4-19-6(18)9(12,13)8(10,11)5(16)17/h14-15H,2-4H2,1H3,(H,16,17). The molecule has 0 atom stereocenters. The van der Waals surface area contributed by atoms with E-state index < -0.39 is 49.0 Å². The molecule has 112 valence electrons. The molecule has 0 heterocycles. The van der Waals surface area contributed by atoms with Crippen molar-refractivity contribution >= 4 is 11.9 Å². The first kappa shape index (κ1) is 17.6. The number of halogens is 4. The molecular weight excluding hydrogens is 280 g/mol. The highest BCUT2D eigenvalue weighted by molar-refractivity contribution is 5.89. The van der Waals surface area contributed by atoms with Gasteiger partial charge in [0.15, 0.2) is 0 Å². The normalized spacial score (nSPS) is 13.2. The number of rotatable bonds is 7. The monoisotopic (exact) mass is 292 g/mol. The Kier molecular flexibility index (Phi) is 5.27. The molecule has 0 saturated heterocycles. The summed E-state index contributed by atoms with van der Waals surface area (Å²) in [6.07, 6.45) is 0. The second kappa shape index (κ2) is 5.70. The first-order valence-electron chi connectivity index (χ1n) is 4.82. The second-order valence-corrected chi connectivity index (χ2v) is 4.16. The van der Waals surface area contributed by atoms with Crippen molar-refractivity contribution in [2.45, 2.75) is 18.8 Å². The van der Waals surface area contributed by atoms with Crippen LogP contribution in [0.25, 0.3) is 0 Å². The van der Waals surface area contributed by atoms with Crippen LogP contribution in [0.1, 0.15) is 6.92 Å². The Morgan fingerprint density at radius 2 is 1.47 bits per heavy atom. The van der Waals surface area contributed by atoms with E-state index in [1.807, 2.05) is 0 Å². The van der Waals surface area contributed by atoms with E-state index in [9.17, 15) is 27.2 Å². The van der Waals surface area contributed by atoms with Gasteiger partial charge in [-0.1, -0.05) is 6.92 Å². The lowest BCUT2D eigenvalue weighted by Gasteiger charge is -2.26. The fraction of sp³-hybridized carbons (Fsp3) is 0.778. The number of esters is 1. The Morgan fingerprint density at radius 1 is 1.05 bits per heavy atom. The molecule has 6 nitrogen and oxygen atoms in total. The number of aliphatic hydroxyl groups is 2. The zero-order valence-electron chi connectivity index (χ0n) is 9.70. The van der Waals surface area contributed by atoms with Crippen LogP contribution in [0.2, 0.25) is 0 Å². The molecular formula is C9H12F4O6. The second-order valence-electron chi connectivity index (χ2n) is 4.16. The van der Waals surface area contributed by atoms with E-state index in [4.69, 9.17) is 15.3 Å². The van der Waals surface area contributed by atoms with Gasteiger partial charge in [-0.3, -0.25) is 0 Å². The maximum Gasteiger partial charge on any atom is 0.415 e. The summed E-state index contributed by atoms with van der Waals surface area (Å²) >= 11 is 0. The van der Waals surface area contributed by atoms with Crippen LogP contribution in [0, 0.1) is 5.41 Å². The Balaban J connectivity index is 4.89. The van der Waals surface area contributed by atoms with E-state index in [1.165, 1.54) is 0 Å². The average Bonchev–Trinajstić information content (AvgIpc) is 2.34. The van der Waals surface area contributed by atoms with Gasteiger partial charge in [0, 0.05) is 5.41 Å². The third-order valence-corrected chi connectivity index (χ3v) is 2.23. The van der Waals surface area contributed by atoms with Crippen molar-refractivity contribution in [3.63, 3.8) is 0 Å². The third kappa shape index (κ3) is 3.53.